The molecular weight excluding hydrogens is 312 g/mol. The van der Waals surface area contributed by atoms with Crippen LogP contribution in [0.1, 0.15) is 0 Å². The van der Waals surface area contributed by atoms with Crippen LogP contribution in [0.5, 0.6) is 0 Å². The Morgan fingerprint density at radius 1 is 1.05 bits per heavy atom. The van der Waals surface area contributed by atoms with E-state index in [1.54, 1.807) is 0 Å². The van der Waals surface area contributed by atoms with Crippen LogP contribution in [0.2, 0.25) is 0 Å². The van der Waals surface area contributed by atoms with Gasteiger partial charge in [-0.25, -0.2) is 17.2 Å². The summed E-state index contributed by atoms with van der Waals surface area (Å²) in [6, 6.07) is 3.39. The minimum atomic E-state index is -4.78. The zero-order valence-electron chi connectivity index (χ0n) is 9.66. The maximum atomic E-state index is 12.6. The van der Waals surface area contributed by atoms with Gasteiger partial charge >= 0.3 is 18.1 Å². The maximum absolute atomic E-state index is 12.6. The lowest BCUT2D eigenvalue weighted by atomic mass is 10.3. The average molecular weight is 321 g/mol. The van der Waals surface area contributed by atoms with Gasteiger partial charge in [0, 0.05) is 5.69 Å². The number of hydrogen-bond acceptors (Lipinski definition) is 3. The van der Waals surface area contributed by atoms with Crippen molar-refractivity contribution in [3.8, 4) is 0 Å². The van der Waals surface area contributed by atoms with E-state index in [0.29, 0.717) is 0 Å². The molecule has 1 aromatic rings. The molecule has 0 aliphatic carbocycles. The van der Waals surface area contributed by atoms with Crippen LogP contribution in [0.15, 0.2) is 29.2 Å². The Balaban J connectivity index is 2.79. The first-order valence-electron chi connectivity index (χ1n) is 5.09. The number of sulfone groups is 1. The molecule has 0 bridgehead atoms. The summed E-state index contributed by atoms with van der Waals surface area (Å²) >= 11 is 0. The Bertz CT molecular complexity index is 543. The van der Waals surface area contributed by atoms with Crippen molar-refractivity contribution in [1.29, 1.82) is 0 Å². The van der Waals surface area contributed by atoms with E-state index in [9.17, 15) is 34.8 Å². The Kier molecular flexibility index (Phi) is 4.90. The fraction of sp³-hybridized carbons (Fsp3) is 0.400. The molecule has 10 heteroatoms. The van der Waals surface area contributed by atoms with Gasteiger partial charge in [-0.1, -0.05) is 0 Å². The molecule has 114 valence electrons. The molecule has 1 N–H and O–H groups in total. The minimum Gasteiger partial charge on any atom is -0.379 e. The highest BCUT2D eigenvalue weighted by atomic mass is 32.2. The van der Waals surface area contributed by atoms with Crippen molar-refractivity contribution in [3.63, 3.8) is 0 Å². The third-order valence-electron chi connectivity index (χ3n) is 2.26. The molecule has 1 rings (SSSR count). The van der Waals surface area contributed by atoms with Gasteiger partial charge in [0.1, 0.15) is 0 Å². The molecule has 0 saturated heterocycles. The lowest BCUT2D eigenvalue weighted by Gasteiger charge is -2.16. The SMILES string of the molecule is O=S(=O)(c1ccc(NCC(F)(F)C(F)F)cc1)C(F)F. The van der Waals surface area contributed by atoms with E-state index in [1.165, 1.54) is 0 Å². The molecular formula is C10H9F6NO2S. The molecule has 0 radical (unpaired) electrons. The van der Waals surface area contributed by atoms with Gasteiger partial charge in [-0.3, -0.25) is 0 Å². The second-order valence-electron chi connectivity index (χ2n) is 3.75. The summed E-state index contributed by atoms with van der Waals surface area (Å²) in [5.41, 5.74) is -0.0986. The van der Waals surface area contributed by atoms with Gasteiger partial charge in [-0.15, -0.1) is 0 Å². The molecule has 1 aromatic carbocycles. The fourth-order valence-electron chi connectivity index (χ4n) is 1.16. The topological polar surface area (TPSA) is 46.2 Å². The number of anilines is 1. The van der Waals surface area contributed by atoms with Crippen LogP contribution in [0, 0.1) is 0 Å². The highest BCUT2D eigenvalue weighted by molar-refractivity contribution is 7.91. The van der Waals surface area contributed by atoms with Gasteiger partial charge in [-0.2, -0.15) is 17.6 Å². The van der Waals surface area contributed by atoms with Crippen molar-refractivity contribution >= 4 is 15.5 Å². The van der Waals surface area contributed by atoms with Crippen molar-refractivity contribution in [3.05, 3.63) is 24.3 Å². The predicted octanol–water partition coefficient (Wildman–Crippen LogP) is 3.00. The second-order valence-corrected chi connectivity index (χ2v) is 5.66. The number of benzene rings is 1. The molecule has 0 aliphatic heterocycles. The molecule has 0 fully saturated rings. The first kappa shape index (κ1) is 16.6. The van der Waals surface area contributed by atoms with E-state index in [-0.39, 0.29) is 5.69 Å². The van der Waals surface area contributed by atoms with E-state index in [1.807, 2.05) is 5.32 Å². The number of halogens is 6. The Labute approximate surface area is 110 Å². The van der Waals surface area contributed by atoms with Gasteiger partial charge in [0.2, 0.25) is 9.84 Å². The monoisotopic (exact) mass is 321 g/mol. The third kappa shape index (κ3) is 3.78. The first-order chi connectivity index (χ1) is 9.07. The molecule has 20 heavy (non-hydrogen) atoms. The van der Waals surface area contributed by atoms with Crippen LogP contribution in [-0.2, 0) is 9.84 Å². The highest BCUT2D eigenvalue weighted by Gasteiger charge is 2.40. The predicted molar refractivity (Wildman–Crippen MR) is 59.1 cm³/mol. The summed E-state index contributed by atoms with van der Waals surface area (Å²) in [4.78, 5) is -0.696. The smallest absolute Gasteiger partial charge is 0.341 e. The largest absolute Gasteiger partial charge is 0.379 e. The van der Waals surface area contributed by atoms with Crippen molar-refractivity contribution in [2.45, 2.75) is 23.0 Å². The summed E-state index contributed by atoms with van der Waals surface area (Å²) in [6.07, 6.45) is -3.85. The molecule has 0 heterocycles. The van der Waals surface area contributed by atoms with Crippen molar-refractivity contribution < 1.29 is 34.8 Å². The standard InChI is InChI=1S/C10H9F6NO2S/c11-8(12)10(15,16)5-17-6-1-3-7(4-2-6)20(18,19)9(13)14/h1-4,8-9,17H,5H2. The van der Waals surface area contributed by atoms with Crippen molar-refractivity contribution in [2.75, 3.05) is 11.9 Å². The number of nitrogens with one attached hydrogen (secondary N) is 1. The summed E-state index contributed by atoms with van der Waals surface area (Å²) in [5.74, 6) is -7.86. The molecule has 3 nitrogen and oxygen atoms in total. The highest BCUT2D eigenvalue weighted by Crippen LogP contribution is 2.24. The Hall–Kier alpha value is -1.45. The zero-order chi connectivity index (χ0) is 15.6. The molecule has 0 aromatic heterocycles. The summed E-state index contributed by atoms with van der Waals surface area (Å²) in [7, 11) is -4.78. The molecule has 0 atom stereocenters. The summed E-state index contributed by atoms with van der Waals surface area (Å²) < 4.78 is 95.5. The lowest BCUT2D eigenvalue weighted by molar-refractivity contribution is -0.117. The van der Waals surface area contributed by atoms with E-state index in [4.69, 9.17) is 0 Å². The number of rotatable bonds is 6. The van der Waals surface area contributed by atoms with Gasteiger partial charge in [0.25, 0.3) is 0 Å². The molecule has 0 spiro atoms. The van der Waals surface area contributed by atoms with Crippen LogP contribution < -0.4 is 5.32 Å². The molecule has 0 saturated carbocycles. The Morgan fingerprint density at radius 2 is 1.55 bits per heavy atom. The van der Waals surface area contributed by atoms with Crippen LogP contribution in [-0.4, -0.2) is 33.1 Å². The third-order valence-corrected chi connectivity index (χ3v) is 3.66. The molecule has 0 unspecified atom stereocenters. The summed E-state index contributed by atoms with van der Waals surface area (Å²) in [5, 5.41) is 1.96. The maximum Gasteiger partial charge on any atom is 0.341 e. The lowest BCUT2D eigenvalue weighted by Crippen LogP contribution is -2.34. The van der Waals surface area contributed by atoms with Crippen LogP contribution in [0.3, 0.4) is 0 Å². The van der Waals surface area contributed by atoms with Crippen LogP contribution in [0.4, 0.5) is 32.0 Å². The normalized spacial score (nSPS) is 13.0. The van der Waals surface area contributed by atoms with Crippen LogP contribution >= 0.6 is 0 Å². The van der Waals surface area contributed by atoms with Gasteiger partial charge < -0.3 is 5.32 Å². The van der Waals surface area contributed by atoms with Crippen molar-refractivity contribution in [2.24, 2.45) is 0 Å². The number of hydrogen-bond donors (Lipinski definition) is 1. The van der Waals surface area contributed by atoms with E-state index >= 15 is 0 Å². The first-order valence-corrected chi connectivity index (χ1v) is 6.64. The Morgan fingerprint density at radius 3 is 1.95 bits per heavy atom. The van der Waals surface area contributed by atoms with Crippen LogP contribution in [0.25, 0.3) is 0 Å². The van der Waals surface area contributed by atoms with Gasteiger partial charge in [0.15, 0.2) is 0 Å². The summed E-state index contributed by atoms with van der Waals surface area (Å²) in [6.45, 7) is -1.37. The molecule has 0 aliphatic rings. The average Bonchev–Trinajstić information content (AvgIpc) is 2.36. The van der Waals surface area contributed by atoms with Gasteiger partial charge in [-0.05, 0) is 24.3 Å². The molecule has 0 amide bonds. The van der Waals surface area contributed by atoms with E-state index in [0.717, 1.165) is 24.3 Å². The minimum absolute atomic E-state index is 0.0986. The van der Waals surface area contributed by atoms with Gasteiger partial charge in [0.05, 0.1) is 11.4 Å². The number of alkyl halides is 6. The zero-order valence-corrected chi connectivity index (χ0v) is 10.5. The van der Waals surface area contributed by atoms with Crippen molar-refractivity contribution in [1.82, 2.24) is 0 Å². The van der Waals surface area contributed by atoms with E-state index in [2.05, 4.69) is 0 Å². The van der Waals surface area contributed by atoms with E-state index < -0.39 is 39.4 Å². The quantitative estimate of drug-likeness (QED) is 0.819. The second kappa shape index (κ2) is 5.90. The fourth-order valence-corrected chi connectivity index (χ4v) is 1.88.